The van der Waals surface area contributed by atoms with Crippen molar-refractivity contribution >= 4 is 0 Å². The molecule has 1 aliphatic rings. The van der Waals surface area contributed by atoms with Crippen molar-refractivity contribution in [2.75, 3.05) is 13.1 Å². The molecule has 0 bridgehead atoms. The summed E-state index contributed by atoms with van der Waals surface area (Å²) in [6.07, 6.45) is 1.14. The minimum absolute atomic E-state index is 0.0654. The first-order chi connectivity index (χ1) is 8.68. The molecule has 0 radical (unpaired) electrons. The standard InChI is InChI=1S/C15H22FNO/c1-11(2)18-14-8-4-3-7-13(14)15(16)12-6-5-9-17-10-12/h3-4,7-8,11-12,15,17H,5-6,9-10H2,1-2H3. The number of rotatable bonds is 4. The Labute approximate surface area is 109 Å². The van der Waals surface area contributed by atoms with Gasteiger partial charge in [-0.25, -0.2) is 4.39 Å². The molecule has 1 N–H and O–H groups in total. The minimum atomic E-state index is -0.937. The third-order valence-electron chi connectivity index (χ3n) is 3.33. The summed E-state index contributed by atoms with van der Waals surface area (Å²) >= 11 is 0. The summed E-state index contributed by atoms with van der Waals surface area (Å²) in [5.41, 5.74) is 0.694. The fraction of sp³-hybridized carbons (Fsp3) is 0.600. The van der Waals surface area contributed by atoms with Crippen LogP contribution in [0.15, 0.2) is 24.3 Å². The van der Waals surface area contributed by atoms with Crippen LogP contribution in [0.5, 0.6) is 5.75 Å². The molecular weight excluding hydrogens is 229 g/mol. The number of nitrogens with one attached hydrogen (secondary N) is 1. The van der Waals surface area contributed by atoms with E-state index in [4.69, 9.17) is 4.74 Å². The third kappa shape index (κ3) is 3.22. The average molecular weight is 251 g/mol. The molecule has 2 nitrogen and oxygen atoms in total. The number of hydrogen-bond donors (Lipinski definition) is 1. The van der Waals surface area contributed by atoms with Crippen LogP contribution in [0.4, 0.5) is 4.39 Å². The van der Waals surface area contributed by atoms with Crippen molar-refractivity contribution in [3.8, 4) is 5.75 Å². The van der Waals surface area contributed by atoms with Crippen molar-refractivity contribution < 1.29 is 9.13 Å². The molecule has 0 aliphatic carbocycles. The summed E-state index contributed by atoms with van der Waals surface area (Å²) in [6.45, 7) is 5.70. The molecule has 3 heteroatoms. The van der Waals surface area contributed by atoms with Crippen molar-refractivity contribution in [3.05, 3.63) is 29.8 Å². The average Bonchev–Trinajstić information content (AvgIpc) is 2.39. The summed E-state index contributed by atoms with van der Waals surface area (Å²) < 4.78 is 20.3. The van der Waals surface area contributed by atoms with E-state index >= 15 is 0 Å². The second-order valence-electron chi connectivity index (χ2n) is 5.21. The lowest BCUT2D eigenvalue weighted by Crippen LogP contribution is -2.32. The lowest BCUT2D eigenvalue weighted by Gasteiger charge is -2.27. The molecule has 0 aromatic heterocycles. The molecule has 1 saturated heterocycles. The molecule has 1 aromatic carbocycles. The summed E-state index contributed by atoms with van der Waals surface area (Å²) in [6, 6.07) is 7.48. The van der Waals surface area contributed by atoms with E-state index in [0.717, 1.165) is 25.9 Å². The van der Waals surface area contributed by atoms with Gasteiger partial charge in [0.2, 0.25) is 0 Å². The Kier molecular flexibility index (Phi) is 4.59. The van der Waals surface area contributed by atoms with Crippen LogP contribution in [0.25, 0.3) is 0 Å². The van der Waals surface area contributed by atoms with Gasteiger partial charge in [0, 0.05) is 18.0 Å². The zero-order valence-electron chi connectivity index (χ0n) is 11.2. The van der Waals surface area contributed by atoms with Crippen molar-refractivity contribution in [1.29, 1.82) is 0 Å². The Morgan fingerprint density at radius 2 is 2.11 bits per heavy atom. The lowest BCUT2D eigenvalue weighted by atomic mass is 9.90. The number of piperidine rings is 1. The highest BCUT2D eigenvalue weighted by molar-refractivity contribution is 5.35. The van der Waals surface area contributed by atoms with Gasteiger partial charge >= 0.3 is 0 Å². The molecule has 2 atom stereocenters. The van der Waals surface area contributed by atoms with Gasteiger partial charge in [-0.3, -0.25) is 0 Å². The third-order valence-corrected chi connectivity index (χ3v) is 3.33. The Bertz CT molecular complexity index is 375. The molecule has 18 heavy (non-hydrogen) atoms. The van der Waals surface area contributed by atoms with Crippen molar-refractivity contribution in [2.24, 2.45) is 5.92 Å². The summed E-state index contributed by atoms with van der Waals surface area (Å²) in [5, 5.41) is 3.26. The highest BCUT2D eigenvalue weighted by Gasteiger charge is 2.27. The SMILES string of the molecule is CC(C)Oc1ccccc1C(F)C1CCCNC1. The first kappa shape index (κ1) is 13.3. The van der Waals surface area contributed by atoms with Crippen LogP contribution in [-0.2, 0) is 0 Å². The van der Waals surface area contributed by atoms with Crippen LogP contribution in [0.2, 0.25) is 0 Å². The summed E-state index contributed by atoms with van der Waals surface area (Å²) in [4.78, 5) is 0. The van der Waals surface area contributed by atoms with Gasteiger partial charge in [0.15, 0.2) is 0 Å². The van der Waals surface area contributed by atoms with Crippen LogP contribution in [0.1, 0.15) is 38.4 Å². The highest BCUT2D eigenvalue weighted by atomic mass is 19.1. The fourth-order valence-electron chi connectivity index (χ4n) is 2.45. The molecule has 1 aromatic rings. The van der Waals surface area contributed by atoms with Gasteiger partial charge in [0.05, 0.1) is 6.10 Å². The Hall–Kier alpha value is -1.09. The summed E-state index contributed by atoms with van der Waals surface area (Å²) in [5.74, 6) is 0.751. The van der Waals surface area contributed by atoms with Gasteiger partial charge in [-0.2, -0.15) is 0 Å². The predicted molar refractivity (Wildman–Crippen MR) is 71.6 cm³/mol. The highest BCUT2D eigenvalue weighted by Crippen LogP contribution is 2.36. The van der Waals surface area contributed by atoms with Crippen LogP contribution < -0.4 is 10.1 Å². The van der Waals surface area contributed by atoms with Gasteiger partial charge in [-0.05, 0) is 39.3 Å². The molecule has 0 saturated carbocycles. The van der Waals surface area contributed by atoms with E-state index in [1.54, 1.807) is 0 Å². The normalized spacial score (nSPS) is 21.9. The number of hydrogen-bond acceptors (Lipinski definition) is 2. The van der Waals surface area contributed by atoms with Gasteiger partial charge in [-0.1, -0.05) is 18.2 Å². The van der Waals surface area contributed by atoms with Crippen molar-refractivity contribution in [2.45, 2.75) is 39.0 Å². The number of ether oxygens (including phenoxy) is 1. The minimum Gasteiger partial charge on any atom is -0.491 e. The fourth-order valence-corrected chi connectivity index (χ4v) is 2.45. The lowest BCUT2D eigenvalue weighted by molar-refractivity contribution is 0.180. The molecule has 0 amide bonds. The van der Waals surface area contributed by atoms with Crippen LogP contribution in [-0.4, -0.2) is 19.2 Å². The van der Waals surface area contributed by atoms with Gasteiger partial charge < -0.3 is 10.1 Å². The predicted octanol–water partition coefficient (Wildman–Crippen LogP) is 3.48. The molecular formula is C15H22FNO. The van der Waals surface area contributed by atoms with Crippen molar-refractivity contribution in [3.63, 3.8) is 0 Å². The molecule has 1 aliphatic heterocycles. The Morgan fingerprint density at radius 3 is 2.78 bits per heavy atom. The number of para-hydroxylation sites is 1. The first-order valence-corrected chi connectivity index (χ1v) is 6.79. The molecule has 1 heterocycles. The Balaban J connectivity index is 2.15. The van der Waals surface area contributed by atoms with Gasteiger partial charge in [0.25, 0.3) is 0 Å². The number of benzene rings is 1. The molecule has 0 spiro atoms. The summed E-state index contributed by atoms with van der Waals surface area (Å²) in [7, 11) is 0. The van der Waals surface area contributed by atoms with Gasteiger partial charge in [0.1, 0.15) is 11.9 Å². The molecule has 2 unspecified atom stereocenters. The zero-order valence-corrected chi connectivity index (χ0v) is 11.2. The Morgan fingerprint density at radius 1 is 1.33 bits per heavy atom. The quantitative estimate of drug-likeness (QED) is 0.884. The van der Waals surface area contributed by atoms with Crippen LogP contribution in [0.3, 0.4) is 0 Å². The maximum Gasteiger partial charge on any atom is 0.133 e. The maximum atomic E-state index is 14.6. The van der Waals surface area contributed by atoms with E-state index in [1.807, 2.05) is 38.1 Å². The monoisotopic (exact) mass is 251 g/mol. The molecule has 2 rings (SSSR count). The largest absolute Gasteiger partial charge is 0.491 e. The van der Waals surface area contributed by atoms with Crippen LogP contribution >= 0.6 is 0 Å². The number of alkyl halides is 1. The molecule has 100 valence electrons. The van der Waals surface area contributed by atoms with E-state index in [9.17, 15) is 4.39 Å². The van der Waals surface area contributed by atoms with E-state index in [0.29, 0.717) is 11.3 Å². The van der Waals surface area contributed by atoms with Gasteiger partial charge in [-0.15, -0.1) is 0 Å². The van der Waals surface area contributed by atoms with E-state index in [1.165, 1.54) is 0 Å². The second-order valence-corrected chi connectivity index (χ2v) is 5.21. The van der Waals surface area contributed by atoms with E-state index in [-0.39, 0.29) is 12.0 Å². The molecule has 1 fully saturated rings. The smallest absolute Gasteiger partial charge is 0.133 e. The van der Waals surface area contributed by atoms with E-state index in [2.05, 4.69) is 5.32 Å². The van der Waals surface area contributed by atoms with Crippen molar-refractivity contribution in [1.82, 2.24) is 5.32 Å². The van der Waals surface area contributed by atoms with Crippen LogP contribution in [0, 0.1) is 5.92 Å². The second kappa shape index (κ2) is 6.19. The first-order valence-electron chi connectivity index (χ1n) is 6.79. The number of halogens is 1. The maximum absolute atomic E-state index is 14.6. The van der Waals surface area contributed by atoms with E-state index < -0.39 is 6.17 Å². The zero-order chi connectivity index (χ0) is 13.0. The topological polar surface area (TPSA) is 21.3 Å².